The smallest absolute Gasteiger partial charge is 0.316 e. The first-order valence-electron chi connectivity index (χ1n) is 19.8. The molecule has 2 heterocycles. The van der Waals surface area contributed by atoms with E-state index in [4.69, 9.17) is 14.2 Å². The number of hydrogen-bond acceptors (Lipinski definition) is 7. The monoisotopic (exact) mass is 739 g/mol. The Balaban J connectivity index is 0.0000125. The molecule has 2 rings (SSSR count). The third kappa shape index (κ3) is 27.9. The summed E-state index contributed by atoms with van der Waals surface area (Å²) in [5.41, 5.74) is 0. The van der Waals surface area contributed by atoms with Crippen molar-refractivity contribution in [3.8, 4) is 6.01 Å². The quantitative estimate of drug-likeness (QED) is 0.0609. The summed E-state index contributed by atoms with van der Waals surface area (Å²) in [6, 6.07) is 8.03. The molecule has 0 bridgehead atoms. The van der Waals surface area contributed by atoms with Crippen molar-refractivity contribution < 1.29 is 39.6 Å². The Kier molecular flexibility index (Phi) is 30.5. The normalized spacial score (nSPS) is 12.1. The van der Waals surface area contributed by atoms with E-state index in [0.717, 1.165) is 58.1 Å². The highest BCUT2D eigenvalue weighted by Gasteiger charge is 2.22. The molecule has 0 N–H and O–H groups in total. The molecular weight excluding hydrogens is 670 g/mol. The summed E-state index contributed by atoms with van der Waals surface area (Å²) in [5.74, 6) is 0.0424. The number of hydrogen-bond donors (Lipinski definition) is 0. The van der Waals surface area contributed by atoms with Crippen LogP contribution in [0.15, 0.2) is 49.1 Å². The lowest BCUT2D eigenvalue weighted by molar-refractivity contribution is -0.697. The maximum atomic E-state index is 13.0. The molecule has 0 fully saturated rings. The number of ether oxygens (including phenoxy) is 3. The second kappa shape index (κ2) is 33.1. The maximum absolute atomic E-state index is 13.0. The van der Waals surface area contributed by atoms with Crippen molar-refractivity contribution in [3.05, 3.63) is 49.1 Å². The van der Waals surface area contributed by atoms with E-state index in [0.29, 0.717) is 19.6 Å². The van der Waals surface area contributed by atoms with Crippen molar-refractivity contribution >= 4 is 9.84 Å². The van der Waals surface area contributed by atoms with Crippen molar-refractivity contribution in [2.45, 2.75) is 161 Å². The fourth-order valence-electron chi connectivity index (χ4n) is 6.01. The van der Waals surface area contributed by atoms with Crippen LogP contribution in [-0.4, -0.2) is 62.4 Å². The SMILES string of the molecule is CCCCCCCCCCCCCCCCCCOCC(CS(=O)(=O)CCCCCOCCCCC[n+]1ccccc1)Oc1ncccn1.[Cl-]. The van der Waals surface area contributed by atoms with E-state index in [1.807, 2.05) is 6.07 Å². The Morgan fingerprint density at radius 1 is 0.600 bits per heavy atom. The minimum Gasteiger partial charge on any atom is -1.00 e. The van der Waals surface area contributed by atoms with Crippen molar-refractivity contribution in [1.82, 2.24) is 9.97 Å². The summed E-state index contributed by atoms with van der Waals surface area (Å²) in [5, 5.41) is 0. The van der Waals surface area contributed by atoms with Gasteiger partial charge in [0.25, 0.3) is 0 Å². The highest BCUT2D eigenvalue weighted by Crippen LogP contribution is 2.14. The van der Waals surface area contributed by atoms with E-state index in [2.05, 4.69) is 46.0 Å². The van der Waals surface area contributed by atoms with Crippen molar-refractivity contribution in [3.63, 3.8) is 0 Å². The maximum Gasteiger partial charge on any atom is 0.316 e. The fraction of sp³-hybridized carbons (Fsp3) is 0.775. The zero-order valence-corrected chi connectivity index (χ0v) is 32.9. The summed E-state index contributed by atoms with van der Waals surface area (Å²) in [4.78, 5) is 8.24. The van der Waals surface area contributed by atoms with Crippen LogP contribution < -0.4 is 21.7 Å². The first kappa shape index (κ1) is 46.2. The molecule has 0 aliphatic rings. The van der Waals surface area contributed by atoms with Crippen molar-refractivity contribution in [2.24, 2.45) is 0 Å². The number of halogens is 1. The molecule has 2 aromatic rings. The molecule has 8 nitrogen and oxygen atoms in total. The first-order valence-corrected chi connectivity index (χ1v) is 21.6. The standard InChI is InChI=1S/C40H70N3O5S.ClH/c1-2-3-4-5-6-7-8-9-10-11-12-13-14-15-16-23-35-47-37-39(48-40-41-28-27-29-42-40)38-49(44,45)36-26-19-25-34-46-33-24-18-22-32-43-30-20-17-21-31-43;/h17,20-21,27-31,39H,2-16,18-19,22-26,32-38H2,1H3;1H/q+1;/p-1. The number of unbranched alkanes of at least 4 members (excludes halogenated alkanes) is 19. The fourth-order valence-corrected chi connectivity index (χ4v) is 7.55. The number of aryl methyl sites for hydroxylation is 1. The van der Waals surface area contributed by atoms with Gasteiger partial charge in [0.15, 0.2) is 22.2 Å². The van der Waals surface area contributed by atoms with Gasteiger partial charge in [-0.25, -0.2) is 23.0 Å². The van der Waals surface area contributed by atoms with Gasteiger partial charge in [-0.05, 0) is 38.2 Å². The number of aromatic nitrogens is 3. The molecule has 0 aliphatic heterocycles. The Hall–Kier alpha value is -1.81. The number of nitrogens with zero attached hydrogens (tertiary/aromatic N) is 3. The molecule has 1 atom stereocenters. The van der Waals surface area contributed by atoms with Crippen LogP contribution in [0.3, 0.4) is 0 Å². The van der Waals surface area contributed by atoms with Crippen molar-refractivity contribution in [2.75, 3.05) is 37.9 Å². The lowest BCUT2D eigenvalue weighted by Gasteiger charge is -2.18. The molecule has 288 valence electrons. The van der Waals surface area contributed by atoms with Crippen LogP contribution in [-0.2, 0) is 25.9 Å². The Labute approximate surface area is 312 Å². The molecule has 0 radical (unpaired) electrons. The predicted molar refractivity (Wildman–Crippen MR) is 201 cm³/mol. The second-order valence-electron chi connectivity index (χ2n) is 13.6. The van der Waals surface area contributed by atoms with Crippen LogP contribution in [0.2, 0.25) is 0 Å². The average molecular weight is 741 g/mol. The Bertz CT molecular complexity index is 1100. The van der Waals surface area contributed by atoms with Crippen LogP contribution in [0.25, 0.3) is 0 Å². The van der Waals surface area contributed by atoms with Crippen LogP contribution in [0.1, 0.15) is 148 Å². The molecule has 0 spiro atoms. The zero-order chi connectivity index (χ0) is 34.9. The van der Waals surface area contributed by atoms with Gasteiger partial charge >= 0.3 is 6.01 Å². The number of sulfone groups is 1. The van der Waals surface area contributed by atoms with Gasteiger partial charge in [0, 0.05) is 50.8 Å². The van der Waals surface area contributed by atoms with E-state index in [9.17, 15) is 8.42 Å². The summed E-state index contributed by atoms with van der Waals surface area (Å²) in [6.45, 7) is 5.58. The highest BCUT2D eigenvalue weighted by atomic mass is 35.5. The van der Waals surface area contributed by atoms with Crippen LogP contribution in [0.4, 0.5) is 0 Å². The molecule has 0 saturated heterocycles. The highest BCUT2D eigenvalue weighted by molar-refractivity contribution is 7.91. The summed E-state index contributed by atoms with van der Waals surface area (Å²) in [7, 11) is -3.31. The summed E-state index contributed by atoms with van der Waals surface area (Å²) >= 11 is 0. The Morgan fingerprint density at radius 3 is 1.64 bits per heavy atom. The lowest BCUT2D eigenvalue weighted by Crippen LogP contribution is -3.00. The van der Waals surface area contributed by atoms with Crippen LogP contribution >= 0.6 is 0 Å². The van der Waals surface area contributed by atoms with Gasteiger partial charge in [0.05, 0.1) is 18.1 Å². The van der Waals surface area contributed by atoms with E-state index < -0.39 is 15.9 Å². The van der Waals surface area contributed by atoms with Gasteiger partial charge in [-0.15, -0.1) is 0 Å². The predicted octanol–water partition coefficient (Wildman–Crippen LogP) is 6.27. The van der Waals surface area contributed by atoms with Gasteiger partial charge < -0.3 is 26.6 Å². The molecule has 2 aromatic heterocycles. The zero-order valence-electron chi connectivity index (χ0n) is 31.4. The third-order valence-electron chi connectivity index (χ3n) is 8.93. The van der Waals surface area contributed by atoms with Crippen LogP contribution in [0.5, 0.6) is 6.01 Å². The molecule has 0 aromatic carbocycles. The molecule has 1 unspecified atom stereocenters. The van der Waals surface area contributed by atoms with E-state index in [1.165, 1.54) is 89.9 Å². The van der Waals surface area contributed by atoms with E-state index in [1.54, 1.807) is 18.5 Å². The molecule has 0 saturated carbocycles. The summed E-state index contributed by atoms with van der Waals surface area (Å²) < 4.78 is 45.6. The first-order chi connectivity index (χ1) is 24.1. The van der Waals surface area contributed by atoms with E-state index in [-0.39, 0.29) is 36.5 Å². The second-order valence-corrected chi connectivity index (χ2v) is 15.8. The van der Waals surface area contributed by atoms with Gasteiger partial charge in [-0.1, -0.05) is 116 Å². The number of pyridine rings is 1. The van der Waals surface area contributed by atoms with Crippen molar-refractivity contribution in [1.29, 1.82) is 0 Å². The Morgan fingerprint density at radius 2 is 1.08 bits per heavy atom. The lowest BCUT2D eigenvalue weighted by atomic mass is 10.0. The third-order valence-corrected chi connectivity index (χ3v) is 10.7. The van der Waals surface area contributed by atoms with Gasteiger partial charge in [-0.3, -0.25) is 0 Å². The molecule has 0 amide bonds. The number of rotatable bonds is 35. The van der Waals surface area contributed by atoms with Crippen LogP contribution in [0, 0.1) is 0 Å². The minimum atomic E-state index is -3.31. The van der Waals surface area contributed by atoms with Gasteiger partial charge in [0.2, 0.25) is 0 Å². The summed E-state index contributed by atoms with van der Waals surface area (Å²) in [6.07, 6.45) is 33.7. The topological polar surface area (TPSA) is 91.5 Å². The molecular formula is C40H70ClN3O5S. The van der Waals surface area contributed by atoms with Gasteiger partial charge in [0.1, 0.15) is 12.6 Å². The average Bonchev–Trinajstić information content (AvgIpc) is 3.10. The minimum absolute atomic E-state index is 0. The van der Waals surface area contributed by atoms with Gasteiger partial charge in [-0.2, -0.15) is 0 Å². The van der Waals surface area contributed by atoms with E-state index >= 15 is 0 Å². The molecule has 50 heavy (non-hydrogen) atoms. The molecule has 0 aliphatic carbocycles. The largest absolute Gasteiger partial charge is 1.00 e. The molecule has 10 heteroatoms.